The van der Waals surface area contributed by atoms with Crippen LogP contribution in [0.3, 0.4) is 0 Å². The smallest absolute Gasteiger partial charge is 0.234 e. The van der Waals surface area contributed by atoms with Gasteiger partial charge in [-0.15, -0.1) is 0 Å². The Kier molecular flexibility index (Phi) is 6.76. The highest BCUT2D eigenvalue weighted by Gasteiger charge is 2.05. The zero-order chi connectivity index (χ0) is 13.4. The van der Waals surface area contributed by atoms with Crippen LogP contribution in [0.1, 0.15) is 32.3 Å². The highest BCUT2D eigenvalue weighted by molar-refractivity contribution is 6.30. The molecule has 0 aliphatic heterocycles. The van der Waals surface area contributed by atoms with Gasteiger partial charge in [0.2, 0.25) is 5.91 Å². The fourth-order valence-electron chi connectivity index (χ4n) is 1.75. The van der Waals surface area contributed by atoms with E-state index in [4.69, 9.17) is 11.6 Å². The maximum absolute atomic E-state index is 11.6. The second-order valence-corrected chi connectivity index (χ2v) is 4.92. The summed E-state index contributed by atoms with van der Waals surface area (Å²) in [4.78, 5) is 11.6. The normalized spacial score (nSPS) is 12.2. The second kappa shape index (κ2) is 8.11. The molecule has 2 N–H and O–H groups in total. The van der Waals surface area contributed by atoms with E-state index >= 15 is 0 Å². The summed E-state index contributed by atoms with van der Waals surface area (Å²) < 4.78 is 0. The zero-order valence-electron chi connectivity index (χ0n) is 11.0. The van der Waals surface area contributed by atoms with Crippen molar-refractivity contribution in [2.24, 2.45) is 0 Å². The highest BCUT2D eigenvalue weighted by Crippen LogP contribution is 2.08. The van der Waals surface area contributed by atoms with Gasteiger partial charge in [0.05, 0.1) is 6.54 Å². The van der Waals surface area contributed by atoms with E-state index in [1.165, 1.54) is 0 Å². The molecule has 0 aromatic heterocycles. The van der Waals surface area contributed by atoms with Crippen LogP contribution in [0.15, 0.2) is 24.3 Å². The van der Waals surface area contributed by atoms with Crippen LogP contribution < -0.4 is 10.6 Å². The van der Waals surface area contributed by atoms with E-state index in [-0.39, 0.29) is 11.9 Å². The van der Waals surface area contributed by atoms with Crippen LogP contribution in [0.5, 0.6) is 0 Å². The first-order valence-electron chi connectivity index (χ1n) is 6.36. The van der Waals surface area contributed by atoms with Crippen LogP contribution >= 0.6 is 11.6 Å². The lowest BCUT2D eigenvalue weighted by Gasteiger charge is -2.13. The third kappa shape index (κ3) is 6.03. The molecule has 1 unspecified atom stereocenters. The van der Waals surface area contributed by atoms with Crippen molar-refractivity contribution in [2.45, 2.75) is 39.3 Å². The SMILES string of the molecule is CCCC(C)NC(=O)CNCc1ccc(Cl)cc1. The first-order chi connectivity index (χ1) is 8.61. The van der Waals surface area contributed by atoms with Crippen LogP contribution in [0.2, 0.25) is 5.02 Å². The fraction of sp³-hybridized carbons (Fsp3) is 0.500. The zero-order valence-corrected chi connectivity index (χ0v) is 11.8. The third-order valence-corrected chi connectivity index (χ3v) is 2.91. The Morgan fingerprint density at radius 3 is 2.61 bits per heavy atom. The molecule has 0 aliphatic carbocycles. The molecule has 1 aromatic rings. The van der Waals surface area contributed by atoms with E-state index in [2.05, 4.69) is 17.6 Å². The van der Waals surface area contributed by atoms with Crippen molar-refractivity contribution in [3.8, 4) is 0 Å². The van der Waals surface area contributed by atoms with Crippen molar-refractivity contribution in [2.75, 3.05) is 6.54 Å². The van der Waals surface area contributed by atoms with Gasteiger partial charge in [-0.2, -0.15) is 0 Å². The van der Waals surface area contributed by atoms with Crippen molar-refractivity contribution in [3.63, 3.8) is 0 Å². The van der Waals surface area contributed by atoms with E-state index in [0.29, 0.717) is 13.1 Å². The molecule has 0 heterocycles. The Labute approximate surface area is 114 Å². The van der Waals surface area contributed by atoms with Crippen LogP contribution in [-0.2, 0) is 11.3 Å². The molecular weight excluding hydrogens is 248 g/mol. The Balaban J connectivity index is 2.21. The summed E-state index contributed by atoms with van der Waals surface area (Å²) in [6.07, 6.45) is 2.10. The molecule has 100 valence electrons. The van der Waals surface area contributed by atoms with E-state index in [1.54, 1.807) is 0 Å². The van der Waals surface area contributed by atoms with Crippen LogP contribution in [0.25, 0.3) is 0 Å². The summed E-state index contributed by atoms with van der Waals surface area (Å²) in [5, 5.41) is 6.79. The van der Waals surface area contributed by atoms with Crippen molar-refractivity contribution >= 4 is 17.5 Å². The molecule has 0 bridgehead atoms. The largest absolute Gasteiger partial charge is 0.353 e. The van der Waals surface area contributed by atoms with E-state index in [0.717, 1.165) is 23.4 Å². The Hall–Kier alpha value is -1.06. The first kappa shape index (κ1) is 15.0. The van der Waals surface area contributed by atoms with Crippen molar-refractivity contribution in [3.05, 3.63) is 34.9 Å². The van der Waals surface area contributed by atoms with Crippen molar-refractivity contribution < 1.29 is 4.79 Å². The number of nitrogens with one attached hydrogen (secondary N) is 2. The van der Waals surface area contributed by atoms with Gasteiger partial charge in [0.25, 0.3) is 0 Å². The Morgan fingerprint density at radius 1 is 1.33 bits per heavy atom. The molecule has 1 atom stereocenters. The number of rotatable bonds is 7. The lowest BCUT2D eigenvalue weighted by Crippen LogP contribution is -2.38. The van der Waals surface area contributed by atoms with Crippen LogP contribution in [0, 0.1) is 0 Å². The van der Waals surface area contributed by atoms with Gasteiger partial charge < -0.3 is 10.6 Å². The second-order valence-electron chi connectivity index (χ2n) is 4.49. The number of carbonyl (C=O) groups excluding carboxylic acids is 1. The summed E-state index contributed by atoms with van der Waals surface area (Å²) in [5.74, 6) is 0.0462. The molecule has 0 saturated heterocycles. The van der Waals surface area contributed by atoms with Crippen LogP contribution in [0.4, 0.5) is 0 Å². The lowest BCUT2D eigenvalue weighted by atomic mass is 10.2. The molecule has 1 rings (SSSR count). The standard InChI is InChI=1S/C14H21ClN2O/c1-3-4-11(2)17-14(18)10-16-9-12-5-7-13(15)8-6-12/h5-8,11,16H,3-4,9-10H2,1-2H3,(H,17,18). The highest BCUT2D eigenvalue weighted by atomic mass is 35.5. The summed E-state index contributed by atoms with van der Waals surface area (Å²) in [6.45, 7) is 5.16. The first-order valence-corrected chi connectivity index (χ1v) is 6.74. The molecule has 1 aromatic carbocycles. The van der Waals surface area contributed by atoms with E-state index in [9.17, 15) is 4.79 Å². The fourth-order valence-corrected chi connectivity index (χ4v) is 1.88. The predicted molar refractivity (Wildman–Crippen MR) is 75.7 cm³/mol. The minimum absolute atomic E-state index is 0.0462. The predicted octanol–water partition coefficient (Wildman–Crippen LogP) is 2.73. The Morgan fingerprint density at radius 2 is 2.00 bits per heavy atom. The third-order valence-electron chi connectivity index (χ3n) is 2.66. The number of carbonyl (C=O) groups is 1. The van der Waals surface area contributed by atoms with Crippen LogP contribution in [-0.4, -0.2) is 18.5 Å². The van der Waals surface area contributed by atoms with Gasteiger partial charge in [-0.05, 0) is 31.0 Å². The average Bonchev–Trinajstić information content (AvgIpc) is 2.32. The molecule has 0 radical (unpaired) electrons. The maximum atomic E-state index is 11.6. The molecule has 18 heavy (non-hydrogen) atoms. The lowest BCUT2D eigenvalue weighted by molar-refractivity contribution is -0.120. The number of halogens is 1. The molecule has 1 amide bonds. The number of hydrogen-bond donors (Lipinski definition) is 2. The van der Waals surface area contributed by atoms with Gasteiger partial charge >= 0.3 is 0 Å². The summed E-state index contributed by atoms with van der Waals surface area (Å²) in [7, 11) is 0. The topological polar surface area (TPSA) is 41.1 Å². The molecule has 0 aliphatic rings. The average molecular weight is 269 g/mol. The summed E-state index contributed by atoms with van der Waals surface area (Å²) in [5.41, 5.74) is 1.12. The summed E-state index contributed by atoms with van der Waals surface area (Å²) >= 11 is 5.80. The van der Waals surface area contributed by atoms with Gasteiger partial charge in [-0.1, -0.05) is 37.1 Å². The van der Waals surface area contributed by atoms with E-state index < -0.39 is 0 Å². The molecule has 0 fully saturated rings. The molecular formula is C14H21ClN2O. The van der Waals surface area contributed by atoms with Gasteiger partial charge in [0, 0.05) is 17.6 Å². The number of benzene rings is 1. The van der Waals surface area contributed by atoms with E-state index in [1.807, 2.05) is 31.2 Å². The summed E-state index contributed by atoms with van der Waals surface area (Å²) in [6, 6.07) is 7.85. The molecule has 3 nitrogen and oxygen atoms in total. The number of amides is 1. The van der Waals surface area contributed by atoms with Gasteiger partial charge in [-0.25, -0.2) is 0 Å². The van der Waals surface area contributed by atoms with Crippen molar-refractivity contribution in [1.82, 2.24) is 10.6 Å². The van der Waals surface area contributed by atoms with Gasteiger partial charge in [0.15, 0.2) is 0 Å². The maximum Gasteiger partial charge on any atom is 0.234 e. The quantitative estimate of drug-likeness (QED) is 0.798. The van der Waals surface area contributed by atoms with Crippen molar-refractivity contribution in [1.29, 1.82) is 0 Å². The monoisotopic (exact) mass is 268 g/mol. The molecule has 0 saturated carbocycles. The number of hydrogen-bond acceptors (Lipinski definition) is 2. The van der Waals surface area contributed by atoms with Gasteiger partial charge in [0.1, 0.15) is 0 Å². The minimum atomic E-state index is 0.0462. The Bertz CT molecular complexity index is 365. The molecule has 0 spiro atoms. The minimum Gasteiger partial charge on any atom is -0.353 e. The van der Waals surface area contributed by atoms with Gasteiger partial charge in [-0.3, -0.25) is 4.79 Å². The molecule has 4 heteroatoms.